The van der Waals surface area contributed by atoms with Crippen LogP contribution in [0.5, 0.6) is 5.75 Å². The van der Waals surface area contributed by atoms with Crippen molar-refractivity contribution in [3.05, 3.63) is 40.4 Å². The van der Waals surface area contributed by atoms with Crippen molar-refractivity contribution in [1.82, 2.24) is 9.88 Å². The summed E-state index contributed by atoms with van der Waals surface area (Å²) >= 11 is 1.38. The number of benzene rings is 1. The zero-order valence-corrected chi connectivity index (χ0v) is 16.5. The Morgan fingerprint density at radius 1 is 1.30 bits per heavy atom. The molecule has 1 N–H and O–H groups in total. The summed E-state index contributed by atoms with van der Waals surface area (Å²) in [5, 5.41) is 3.13. The Bertz CT molecular complexity index is 817. The van der Waals surface area contributed by atoms with E-state index in [1.165, 1.54) is 11.3 Å². The van der Waals surface area contributed by atoms with E-state index in [4.69, 9.17) is 9.47 Å². The van der Waals surface area contributed by atoms with Crippen LogP contribution >= 0.6 is 11.3 Å². The Morgan fingerprint density at radius 2 is 2.04 bits per heavy atom. The molecule has 1 aromatic carbocycles. The predicted octanol–water partition coefficient (Wildman–Crippen LogP) is 3.70. The minimum Gasteiger partial charge on any atom is -0.491 e. The van der Waals surface area contributed by atoms with Crippen molar-refractivity contribution >= 4 is 28.5 Å². The fourth-order valence-corrected chi connectivity index (χ4v) is 3.82. The summed E-state index contributed by atoms with van der Waals surface area (Å²) in [5.74, 6) is 0.727. The number of nitrogens with one attached hydrogen (secondary N) is 1. The van der Waals surface area contributed by atoms with Gasteiger partial charge in [-0.1, -0.05) is 11.3 Å². The molecule has 2 aromatic rings. The van der Waals surface area contributed by atoms with Gasteiger partial charge in [-0.05, 0) is 45.0 Å². The third kappa shape index (κ3) is 4.77. The number of hydrogen-bond donors (Lipinski definition) is 1. The highest BCUT2D eigenvalue weighted by Crippen LogP contribution is 2.29. The normalized spacial score (nSPS) is 13.3. The quantitative estimate of drug-likeness (QED) is 0.843. The molecule has 0 fully saturated rings. The van der Waals surface area contributed by atoms with Gasteiger partial charge in [0, 0.05) is 23.4 Å². The van der Waals surface area contributed by atoms with Gasteiger partial charge in [-0.2, -0.15) is 0 Å². The summed E-state index contributed by atoms with van der Waals surface area (Å²) in [6.45, 7) is 7.06. The van der Waals surface area contributed by atoms with Crippen LogP contribution < -0.4 is 10.1 Å². The van der Waals surface area contributed by atoms with E-state index in [-0.39, 0.29) is 12.0 Å². The number of carbonyl (C=O) groups excluding carboxylic acids is 2. The molecular formula is C19H23N3O4S. The zero-order chi connectivity index (χ0) is 19.4. The molecule has 0 spiro atoms. The fraction of sp³-hybridized carbons (Fsp3) is 0.421. The van der Waals surface area contributed by atoms with Crippen LogP contribution in [0, 0.1) is 0 Å². The van der Waals surface area contributed by atoms with E-state index in [1.807, 2.05) is 26.0 Å². The Hall–Kier alpha value is -2.61. The number of rotatable bonds is 5. The summed E-state index contributed by atoms with van der Waals surface area (Å²) in [5.41, 5.74) is 1.56. The van der Waals surface area contributed by atoms with Crippen LogP contribution in [0.4, 0.5) is 9.93 Å². The summed E-state index contributed by atoms with van der Waals surface area (Å²) in [6.07, 6.45) is 0.243. The van der Waals surface area contributed by atoms with E-state index in [0.29, 0.717) is 36.8 Å². The average molecular weight is 389 g/mol. The molecule has 0 aliphatic carbocycles. The van der Waals surface area contributed by atoms with E-state index in [0.717, 1.165) is 16.3 Å². The highest BCUT2D eigenvalue weighted by molar-refractivity contribution is 7.15. The lowest BCUT2D eigenvalue weighted by Crippen LogP contribution is -2.35. The number of ether oxygens (including phenoxy) is 2. The Balaban J connectivity index is 1.65. The van der Waals surface area contributed by atoms with Gasteiger partial charge in [-0.3, -0.25) is 10.1 Å². The van der Waals surface area contributed by atoms with Crippen LogP contribution in [0.3, 0.4) is 0 Å². The summed E-state index contributed by atoms with van der Waals surface area (Å²) < 4.78 is 10.5. The van der Waals surface area contributed by atoms with Crippen LogP contribution in [0.2, 0.25) is 0 Å². The monoisotopic (exact) mass is 389 g/mol. The zero-order valence-electron chi connectivity index (χ0n) is 15.7. The molecule has 8 heteroatoms. The van der Waals surface area contributed by atoms with Gasteiger partial charge in [0.05, 0.1) is 24.9 Å². The standard InChI is InChI=1S/C19H23N3O4S/c1-4-25-19(24)21-18-20-15-9-10-22(11-16(15)27-18)17(23)13-5-7-14(8-6-13)26-12(2)3/h5-8,12H,4,9-11H2,1-3H3,(H,20,21,24). The molecule has 0 bridgehead atoms. The van der Waals surface area contributed by atoms with Crippen molar-refractivity contribution in [2.45, 2.75) is 39.8 Å². The highest BCUT2D eigenvalue weighted by atomic mass is 32.1. The smallest absolute Gasteiger partial charge is 0.413 e. The SMILES string of the molecule is CCOC(=O)Nc1nc2c(s1)CN(C(=O)c1ccc(OC(C)C)cc1)CC2. The average Bonchev–Trinajstić information content (AvgIpc) is 3.02. The molecule has 3 rings (SSSR count). The summed E-state index contributed by atoms with van der Waals surface area (Å²) in [4.78, 5) is 31.5. The van der Waals surface area contributed by atoms with Crippen molar-refractivity contribution in [2.75, 3.05) is 18.5 Å². The molecule has 7 nitrogen and oxygen atoms in total. The number of thiazole rings is 1. The van der Waals surface area contributed by atoms with Gasteiger partial charge in [-0.25, -0.2) is 9.78 Å². The predicted molar refractivity (Wildman–Crippen MR) is 103 cm³/mol. The Labute approximate surface area is 162 Å². The molecule has 0 atom stereocenters. The maximum Gasteiger partial charge on any atom is 0.413 e. The molecule has 2 amide bonds. The van der Waals surface area contributed by atoms with Crippen LogP contribution in [0.15, 0.2) is 24.3 Å². The second kappa shape index (κ2) is 8.39. The van der Waals surface area contributed by atoms with Crippen LogP contribution in [-0.2, 0) is 17.7 Å². The number of nitrogens with zero attached hydrogens (tertiary/aromatic N) is 2. The number of fused-ring (bicyclic) bond motifs is 1. The van der Waals surface area contributed by atoms with E-state index in [2.05, 4.69) is 10.3 Å². The molecule has 0 saturated heterocycles. The lowest BCUT2D eigenvalue weighted by atomic mass is 10.1. The van der Waals surface area contributed by atoms with E-state index in [9.17, 15) is 9.59 Å². The van der Waals surface area contributed by atoms with Gasteiger partial charge in [0.2, 0.25) is 0 Å². The maximum absolute atomic E-state index is 12.8. The van der Waals surface area contributed by atoms with Crippen LogP contribution in [-0.4, -0.2) is 41.1 Å². The molecule has 0 unspecified atom stereocenters. The topological polar surface area (TPSA) is 80.8 Å². The number of amides is 2. The fourth-order valence-electron chi connectivity index (χ4n) is 2.81. The minimum absolute atomic E-state index is 0.0231. The molecule has 27 heavy (non-hydrogen) atoms. The van der Waals surface area contributed by atoms with Crippen molar-refractivity contribution in [1.29, 1.82) is 0 Å². The van der Waals surface area contributed by atoms with Gasteiger partial charge in [0.15, 0.2) is 5.13 Å². The van der Waals surface area contributed by atoms with Crippen molar-refractivity contribution < 1.29 is 19.1 Å². The molecule has 2 heterocycles. The highest BCUT2D eigenvalue weighted by Gasteiger charge is 2.25. The maximum atomic E-state index is 12.8. The van der Waals surface area contributed by atoms with Gasteiger partial charge < -0.3 is 14.4 Å². The number of aromatic nitrogens is 1. The number of hydrogen-bond acceptors (Lipinski definition) is 6. The summed E-state index contributed by atoms with van der Waals surface area (Å²) in [7, 11) is 0. The van der Waals surface area contributed by atoms with E-state index in [1.54, 1.807) is 24.0 Å². The van der Waals surface area contributed by atoms with Gasteiger partial charge in [0.1, 0.15) is 5.75 Å². The minimum atomic E-state index is -0.514. The van der Waals surface area contributed by atoms with E-state index >= 15 is 0 Å². The summed E-state index contributed by atoms with van der Waals surface area (Å²) in [6, 6.07) is 7.21. The first-order valence-corrected chi connectivity index (χ1v) is 9.76. The lowest BCUT2D eigenvalue weighted by molar-refractivity contribution is 0.0736. The first-order valence-electron chi connectivity index (χ1n) is 8.94. The second-order valence-electron chi connectivity index (χ2n) is 6.40. The number of anilines is 1. The Morgan fingerprint density at radius 3 is 2.70 bits per heavy atom. The van der Waals surface area contributed by atoms with Crippen molar-refractivity contribution in [3.8, 4) is 5.75 Å². The van der Waals surface area contributed by atoms with Gasteiger partial charge in [0.25, 0.3) is 5.91 Å². The molecule has 1 aliphatic rings. The van der Waals surface area contributed by atoms with Gasteiger partial charge >= 0.3 is 6.09 Å². The molecule has 0 radical (unpaired) electrons. The third-order valence-corrected chi connectivity index (χ3v) is 4.97. The number of carbonyl (C=O) groups is 2. The molecule has 1 aliphatic heterocycles. The first kappa shape index (κ1) is 19.2. The van der Waals surface area contributed by atoms with Crippen LogP contribution in [0.25, 0.3) is 0 Å². The second-order valence-corrected chi connectivity index (χ2v) is 7.49. The Kier molecular flexibility index (Phi) is 5.95. The molecule has 1 aromatic heterocycles. The molecular weight excluding hydrogens is 366 g/mol. The third-order valence-electron chi connectivity index (χ3n) is 3.98. The lowest BCUT2D eigenvalue weighted by Gasteiger charge is -2.26. The van der Waals surface area contributed by atoms with Crippen molar-refractivity contribution in [2.24, 2.45) is 0 Å². The molecule has 0 saturated carbocycles. The largest absolute Gasteiger partial charge is 0.491 e. The van der Waals surface area contributed by atoms with Crippen molar-refractivity contribution in [3.63, 3.8) is 0 Å². The van der Waals surface area contributed by atoms with Gasteiger partial charge in [-0.15, -0.1) is 0 Å². The van der Waals surface area contributed by atoms with Crippen LogP contribution in [0.1, 0.15) is 41.7 Å². The van der Waals surface area contributed by atoms with E-state index < -0.39 is 6.09 Å². The molecule has 144 valence electrons. The first-order chi connectivity index (χ1) is 13.0.